The van der Waals surface area contributed by atoms with Crippen LogP contribution in [0.25, 0.3) is 87.1 Å². The van der Waals surface area contributed by atoms with Gasteiger partial charge in [-0.05, 0) is 175 Å². The lowest BCUT2D eigenvalue weighted by Gasteiger charge is -1.97. The van der Waals surface area contributed by atoms with Gasteiger partial charge in [-0.2, -0.15) is 0 Å². The van der Waals surface area contributed by atoms with Gasteiger partial charge in [0.15, 0.2) is 0 Å². The van der Waals surface area contributed by atoms with Gasteiger partial charge in [-0.15, -0.1) is 0 Å². The fraction of sp³-hybridized carbons (Fsp3) is 0.273. The second-order valence-corrected chi connectivity index (χ2v) is 20.1. The van der Waals surface area contributed by atoms with Crippen molar-refractivity contribution in [1.82, 2.24) is 79.7 Å². The average molecular weight is 1390 g/mol. The molecule has 16 aromatic rings. The van der Waals surface area contributed by atoms with Gasteiger partial charge in [0.2, 0.25) is 0 Å². The SMILES string of the molecule is CC.CC.CC.CC.CC.CC.CC.CC.Cc1cnc2cccnc2c1.Cc1cnc2ccncc2c1.Cc1cncc2ncccc12.Cc1nccc2cccnc12.Cc1nccc2ccncc12.Cc1nccc2cnccc12.Cc1nccc2ncccc12.Cc1ncnc2ccccc12. The Bertz CT molecular complexity index is 4190. The molecule has 0 aliphatic rings. The van der Waals surface area contributed by atoms with Crippen molar-refractivity contribution in [2.75, 3.05) is 0 Å². The molecule has 0 bridgehead atoms. The van der Waals surface area contributed by atoms with Crippen LogP contribution in [-0.2, 0) is 0 Å². The summed E-state index contributed by atoms with van der Waals surface area (Å²) in [5.41, 5.74) is 15.6. The Morgan fingerprint density at radius 3 is 1.26 bits per heavy atom. The molecule has 0 aliphatic heterocycles. The summed E-state index contributed by atoms with van der Waals surface area (Å²) in [6.45, 7) is 48.0. The molecule has 0 atom stereocenters. The summed E-state index contributed by atoms with van der Waals surface area (Å²) >= 11 is 0. The summed E-state index contributed by atoms with van der Waals surface area (Å²) in [5.74, 6) is 0. The van der Waals surface area contributed by atoms with E-state index in [2.05, 4.69) is 91.9 Å². The summed E-state index contributed by atoms with van der Waals surface area (Å²) in [6, 6.07) is 41.6. The van der Waals surface area contributed by atoms with Crippen LogP contribution >= 0.6 is 0 Å². The van der Waals surface area contributed by atoms with Crippen LogP contribution in [0, 0.1) is 55.4 Å². The van der Waals surface area contributed by atoms with Crippen LogP contribution in [0.3, 0.4) is 0 Å². The van der Waals surface area contributed by atoms with Crippen molar-refractivity contribution in [3.05, 3.63) is 290 Å². The molecule has 1 aromatic carbocycles. The van der Waals surface area contributed by atoms with Gasteiger partial charge >= 0.3 is 0 Å². The van der Waals surface area contributed by atoms with Gasteiger partial charge in [0.05, 0.1) is 50.5 Å². The highest BCUT2D eigenvalue weighted by Gasteiger charge is 2.01. The van der Waals surface area contributed by atoms with Crippen molar-refractivity contribution >= 4 is 87.1 Å². The highest BCUT2D eigenvalue weighted by atomic mass is 14.8. The van der Waals surface area contributed by atoms with Crippen molar-refractivity contribution < 1.29 is 0 Å². The van der Waals surface area contributed by atoms with Crippen LogP contribution in [0.1, 0.15) is 156 Å². The molecule has 0 radical (unpaired) electrons. The molecule has 544 valence electrons. The standard InChI is InChI=1S/8C9H8N2.8C2H6/c1-7-9-3-4-10-6-8(9)2-5-11-7;1-7-9-6-10-4-2-8(9)3-5-11-7;1-7-4-8-6-10-3-2-9(8)11-5-7;1-7-8-3-2-5-11-9(8)4-6-10-7;1-7-9-8(4-6-10-7)3-2-5-11-9;1-7-5-10-6-9-8(7)3-2-4-11-9;1-7-5-9-8(11-6-7)3-2-4-10-9;1-7-8-4-2-3-5-9(8)11-6-10-7;8*1-2/h8*2-6H,1H3;8*1-2H3. The highest BCUT2D eigenvalue weighted by Crippen LogP contribution is 2.18. The first-order valence-corrected chi connectivity index (χ1v) is 36.3. The van der Waals surface area contributed by atoms with Gasteiger partial charge in [0.1, 0.15) is 6.33 Å². The molecule has 0 spiro atoms. The van der Waals surface area contributed by atoms with E-state index in [1.54, 1.807) is 74.5 Å². The Labute approximate surface area is 620 Å². The minimum Gasteiger partial charge on any atom is -0.264 e. The predicted octanol–water partition coefficient (Wildman–Crippen LogP) is 23.7. The molecule has 104 heavy (non-hydrogen) atoms. The van der Waals surface area contributed by atoms with E-state index in [4.69, 9.17) is 0 Å². The summed E-state index contributed by atoms with van der Waals surface area (Å²) in [7, 11) is 0. The molecule has 0 aliphatic carbocycles. The zero-order chi connectivity index (χ0) is 77.5. The van der Waals surface area contributed by atoms with Gasteiger partial charge in [-0.1, -0.05) is 141 Å². The number of hydrogen-bond acceptors (Lipinski definition) is 16. The smallest absolute Gasteiger partial charge is 0.116 e. The van der Waals surface area contributed by atoms with Crippen LogP contribution < -0.4 is 0 Å². The number of para-hydroxylation sites is 1. The summed E-state index contributed by atoms with van der Waals surface area (Å²) in [6.07, 6.45) is 34.2. The minimum absolute atomic E-state index is 0.957. The molecule has 16 nitrogen and oxygen atoms in total. The van der Waals surface area contributed by atoms with Gasteiger partial charge in [0.25, 0.3) is 0 Å². The van der Waals surface area contributed by atoms with E-state index in [9.17, 15) is 0 Å². The van der Waals surface area contributed by atoms with Crippen LogP contribution in [0.2, 0.25) is 0 Å². The lowest BCUT2D eigenvalue weighted by Crippen LogP contribution is -1.85. The zero-order valence-corrected chi connectivity index (χ0v) is 66.2. The molecular weight excluding hydrogens is 1280 g/mol. The number of aryl methyl sites for hydroxylation is 8. The molecule has 16 rings (SSSR count). The van der Waals surface area contributed by atoms with Crippen LogP contribution in [0.4, 0.5) is 0 Å². The van der Waals surface area contributed by atoms with Gasteiger partial charge in [0, 0.05) is 171 Å². The largest absolute Gasteiger partial charge is 0.264 e. The number of pyridine rings is 14. The first kappa shape index (κ1) is 90.5. The third-order valence-corrected chi connectivity index (χ3v) is 13.6. The van der Waals surface area contributed by atoms with Gasteiger partial charge in [-0.25, -0.2) is 9.97 Å². The van der Waals surface area contributed by atoms with Crippen molar-refractivity contribution in [3.63, 3.8) is 0 Å². The van der Waals surface area contributed by atoms with Gasteiger partial charge in [-0.3, -0.25) is 69.8 Å². The second kappa shape index (κ2) is 55.2. The van der Waals surface area contributed by atoms with E-state index < -0.39 is 0 Å². The quantitative estimate of drug-likeness (QED) is 0.138. The van der Waals surface area contributed by atoms with E-state index >= 15 is 0 Å². The molecule has 0 unspecified atom stereocenters. The molecule has 0 saturated heterocycles. The molecule has 16 heteroatoms. The predicted molar refractivity (Wildman–Crippen MR) is 445 cm³/mol. The van der Waals surface area contributed by atoms with E-state index in [0.29, 0.717) is 0 Å². The fourth-order valence-corrected chi connectivity index (χ4v) is 9.03. The third kappa shape index (κ3) is 30.4. The topological polar surface area (TPSA) is 206 Å². The lowest BCUT2D eigenvalue weighted by atomic mass is 10.2. The molecular formula is C88H112N16. The Kier molecular flexibility index (Phi) is 48.0. The van der Waals surface area contributed by atoms with Crippen molar-refractivity contribution in [2.45, 2.75) is 166 Å². The first-order chi connectivity index (χ1) is 51.0. The highest BCUT2D eigenvalue weighted by molar-refractivity contribution is 5.85. The van der Waals surface area contributed by atoms with E-state index in [0.717, 1.165) is 105 Å². The van der Waals surface area contributed by atoms with Gasteiger partial charge < -0.3 is 0 Å². The number of benzene rings is 1. The van der Waals surface area contributed by atoms with E-state index in [1.807, 2.05) is 325 Å². The fourth-order valence-electron chi connectivity index (χ4n) is 9.03. The lowest BCUT2D eigenvalue weighted by molar-refractivity contribution is 1.15. The van der Waals surface area contributed by atoms with E-state index in [1.165, 1.54) is 27.3 Å². The summed E-state index contributed by atoms with van der Waals surface area (Å²) in [5, 5.41) is 10.4. The number of rotatable bonds is 0. The first-order valence-electron chi connectivity index (χ1n) is 36.3. The molecule has 15 aromatic heterocycles. The number of nitrogens with zero attached hydrogens (tertiary/aromatic N) is 16. The number of fused-ring (bicyclic) bond motifs is 8. The average Bonchev–Trinajstić information content (AvgIpc) is 0.878. The van der Waals surface area contributed by atoms with Crippen molar-refractivity contribution in [1.29, 1.82) is 0 Å². The maximum Gasteiger partial charge on any atom is 0.116 e. The zero-order valence-electron chi connectivity index (χ0n) is 66.2. The molecule has 0 N–H and O–H groups in total. The molecule has 0 saturated carbocycles. The number of hydrogen-bond donors (Lipinski definition) is 0. The maximum absolute atomic E-state index is 4.24. The number of aromatic nitrogens is 16. The Hall–Kier alpha value is -11.5. The summed E-state index contributed by atoms with van der Waals surface area (Å²) < 4.78 is 0. The van der Waals surface area contributed by atoms with Crippen molar-refractivity contribution in [2.24, 2.45) is 0 Å². The Balaban J connectivity index is 0.000000578. The third-order valence-electron chi connectivity index (χ3n) is 13.6. The van der Waals surface area contributed by atoms with E-state index in [-0.39, 0.29) is 0 Å². The Morgan fingerprint density at radius 2 is 0.635 bits per heavy atom. The second-order valence-electron chi connectivity index (χ2n) is 20.1. The monoisotopic (exact) mass is 1390 g/mol. The van der Waals surface area contributed by atoms with Crippen LogP contribution in [-0.4, -0.2) is 79.7 Å². The van der Waals surface area contributed by atoms with Crippen LogP contribution in [0.15, 0.2) is 245 Å². The molecule has 15 heterocycles. The Morgan fingerprint density at radius 1 is 0.202 bits per heavy atom. The maximum atomic E-state index is 4.24. The molecule has 0 amide bonds. The normalized spacial score (nSPS) is 9.15. The molecule has 0 fully saturated rings. The van der Waals surface area contributed by atoms with Crippen LogP contribution in [0.5, 0.6) is 0 Å². The van der Waals surface area contributed by atoms with Crippen molar-refractivity contribution in [3.8, 4) is 0 Å². The minimum atomic E-state index is 0.957. The summed E-state index contributed by atoms with van der Waals surface area (Å²) in [4.78, 5) is 66.2.